The Labute approximate surface area is 118 Å². The van der Waals surface area contributed by atoms with Crippen molar-refractivity contribution in [3.8, 4) is 0 Å². The van der Waals surface area contributed by atoms with Crippen LogP contribution in [0, 0.1) is 13.8 Å². The van der Waals surface area contributed by atoms with E-state index in [9.17, 15) is 4.79 Å². The molecule has 0 aromatic heterocycles. The van der Waals surface area contributed by atoms with E-state index < -0.39 is 0 Å². The molecule has 0 bridgehead atoms. The summed E-state index contributed by atoms with van der Waals surface area (Å²) in [5.41, 5.74) is 4.35. The van der Waals surface area contributed by atoms with E-state index in [1.54, 1.807) is 0 Å². The molecule has 0 unspecified atom stereocenters. The number of carbonyl (C=O) groups is 1. The standard InChI is InChI=1S/C16H17N3O/c1-11-4-7-14(8-5-11)18-19-16-10-12(2)6-9-15(16)17-13(3)20/h4-10H,1-3H3,(H,17,20). The van der Waals surface area contributed by atoms with Crippen molar-refractivity contribution in [3.63, 3.8) is 0 Å². The second-order valence-electron chi connectivity index (χ2n) is 4.74. The van der Waals surface area contributed by atoms with Gasteiger partial charge in [-0.3, -0.25) is 4.79 Å². The van der Waals surface area contributed by atoms with Gasteiger partial charge in [0.25, 0.3) is 0 Å². The lowest BCUT2D eigenvalue weighted by molar-refractivity contribution is -0.114. The van der Waals surface area contributed by atoms with Crippen LogP contribution in [0.5, 0.6) is 0 Å². The number of anilines is 1. The van der Waals surface area contributed by atoms with Gasteiger partial charge in [0.05, 0.1) is 11.4 Å². The van der Waals surface area contributed by atoms with Gasteiger partial charge in [0.2, 0.25) is 5.91 Å². The number of hydrogen-bond donors (Lipinski definition) is 1. The molecule has 0 heterocycles. The van der Waals surface area contributed by atoms with Crippen molar-refractivity contribution >= 4 is 23.0 Å². The van der Waals surface area contributed by atoms with Crippen LogP contribution in [-0.4, -0.2) is 5.91 Å². The van der Waals surface area contributed by atoms with Crippen molar-refractivity contribution in [2.45, 2.75) is 20.8 Å². The molecule has 4 heteroatoms. The average molecular weight is 267 g/mol. The smallest absolute Gasteiger partial charge is 0.221 e. The van der Waals surface area contributed by atoms with Gasteiger partial charge in [-0.15, -0.1) is 5.11 Å². The number of nitrogens with one attached hydrogen (secondary N) is 1. The third kappa shape index (κ3) is 3.75. The maximum Gasteiger partial charge on any atom is 0.221 e. The van der Waals surface area contributed by atoms with E-state index in [1.165, 1.54) is 12.5 Å². The van der Waals surface area contributed by atoms with E-state index >= 15 is 0 Å². The van der Waals surface area contributed by atoms with Gasteiger partial charge in [-0.2, -0.15) is 5.11 Å². The summed E-state index contributed by atoms with van der Waals surface area (Å²) in [5, 5.41) is 11.2. The molecule has 0 atom stereocenters. The number of carbonyl (C=O) groups excluding carboxylic acids is 1. The van der Waals surface area contributed by atoms with Crippen molar-refractivity contribution in [2.24, 2.45) is 10.2 Å². The predicted molar refractivity (Wildman–Crippen MR) is 80.8 cm³/mol. The van der Waals surface area contributed by atoms with E-state index in [4.69, 9.17) is 0 Å². The Hall–Kier alpha value is -2.49. The zero-order chi connectivity index (χ0) is 14.5. The monoisotopic (exact) mass is 267 g/mol. The van der Waals surface area contributed by atoms with Gasteiger partial charge in [0, 0.05) is 6.92 Å². The number of rotatable bonds is 3. The summed E-state index contributed by atoms with van der Waals surface area (Å²) in [4.78, 5) is 11.2. The summed E-state index contributed by atoms with van der Waals surface area (Å²) in [7, 11) is 0. The van der Waals surface area contributed by atoms with Gasteiger partial charge >= 0.3 is 0 Å². The van der Waals surface area contributed by atoms with Gasteiger partial charge in [-0.25, -0.2) is 0 Å². The molecule has 0 saturated carbocycles. The normalized spacial score (nSPS) is 10.8. The lowest BCUT2D eigenvalue weighted by atomic mass is 10.2. The minimum atomic E-state index is -0.124. The van der Waals surface area contributed by atoms with E-state index in [0.29, 0.717) is 11.4 Å². The maximum absolute atomic E-state index is 11.2. The Morgan fingerprint density at radius 3 is 2.25 bits per heavy atom. The van der Waals surface area contributed by atoms with Gasteiger partial charge in [-0.05, 0) is 43.7 Å². The summed E-state index contributed by atoms with van der Waals surface area (Å²) in [6.07, 6.45) is 0. The molecule has 1 amide bonds. The van der Waals surface area contributed by atoms with Gasteiger partial charge in [0.15, 0.2) is 0 Å². The SMILES string of the molecule is CC(=O)Nc1ccc(C)cc1N=Nc1ccc(C)cc1. The molecule has 0 spiro atoms. The first kappa shape index (κ1) is 13.9. The fourth-order valence-electron chi connectivity index (χ4n) is 1.74. The Morgan fingerprint density at radius 2 is 1.60 bits per heavy atom. The highest BCUT2D eigenvalue weighted by Crippen LogP contribution is 2.28. The predicted octanol–water partition coefficient (Wildman–Crippen LogP) is 4.68. The lowest BCUT2D eigenvalue weighted by Gasteiger charge is -2.06. The maximum atomic E-state index is 11.2. The Balaban J connectivity index is 2.29. The fraction of sp³-hybridized carbons (Fsp3) is 0.188. The summed E-state index contributed by atoms with van der Waals surface area (Å²) < 4.78 is 0. The number of hydrogen-bond acceptors (Lipinski definition) is 3. The number of benzene rings is 2. The van der Waals surface area contributed by atoms with Crippen LogP contribution in [-0.2, 0) is 4.79 Å². The molecule has 102 valence electrons. The van der Waals surface area contributed by atoms with Crippen LogP contribution >= 0.6 is 0 Å². The van der Waals surface area contributed by atoms with Crippen LogP contribution in [0.1, 0.15) is 18.1 Å². The van der Waals surface area contributed by atoms with E-state index in [-0.39, 0.29) is 5.91 Å². The number of azo groups is 1. The third-order valence-corrected chi connectivity index (χ3v) is 2.77. The summed E-state index contributed by atoms with van der Waals surface area (Å²) >= 11 is 0. The third-order valence-electron chi connectivity index (χ3n) is 2.77. The van der Waals surface area contributed by atoms with E-state index in [1.807, 2.05) is 56.3 Å². The van der Waals surface area contributed by atoms with E-state index in [0.717, 1.165) is 11.3 Å². The first-order chi connectivity index (χ1) is 9.54. The largest absolute Gasteiger partial charge is 0.324 e. The van der Waals surface area contributed by atoms with Crippen LogP contribution in [0.4, 0.5) is 17.1 Å². The minimum absolute atomic E-state index is 0.124. The molecule has 0 radical (unpaired) electrons. The minimum Gasteiger partial charge on any atom is -0.324 e. The highest BCUT2D eigenvalue weighted by molar-refractivity contribution is 5.92. The molecule has 20 heavy (non-hydrogen) atoms. The molecule has 0 saturated heterocycles. The van der Waals surface area contributed by atoms with Crippen molar-refractivity contribution < 1.29 is 4.79 Å². The van der Waals surface area contributed by atoms with Gasteiger partial charge in [0.1, 0.15) is 5.69 Å². The van der Waals surface area contributed by atoms with Crippen LogP contribution in [0.2, 0.25) is 0 Å². The van der Waals surface area contributed by atoms with Crippen LogP contribution in [0.3, 0.4) is 0 Å². The van der Waals surface area contributed by atoms with E-state index in [2.05, 4.69) is 15.5 Å². The molecular weight excluding hydrogens is 250 g/mol. The quantitative estimate of drug-likeness (QED) is 0.807. The summed E-state index contributed by atoms with van der Waals surface area (Å²) in [6, 6.07) is 13.4. The Morgan fingerprint density at radius 1 is 0.950 bits per heavy atom. The molecule has 0 fully saturated rings. The van der Waals surface area contributed by atoms with Crippen LogP contribution in [0.15, 0.2) is 52.7 Å². The number of aryl methyl sites for hydroxylation is 2. The second-order valence-corrected chi connectivity index (χ2v) is 4.74. The highest BCUT2D eigenvalue weighted by Gasteiger charge is 2.03. The van der Waals surface area contributed by atoms with Crippen molar-refractivity contribution in [2.75, 3.05) is 5.32 Å². The van der Waals surface area contributed by atoms with Crippen molar-refractivity contribution in [3.05, 3.63) is 53.6 Å². The molecule has 0 aliphatic heterocycles. The molecule has 4 nitrogen and oxygen atoms in total. The molecule has 2 rings (SSSR count). The molecule has 0 aliphatic rings. The Bertz CT molecular complexity index is 645. The molecule has 2 aromatic carbocycles. The van der Waals surface area contributed by atoms with Crippen molar-refractivity contribution in [1.29, 1.82) is 0 Å². The first-order valence-corrected chi connectivity index (χ1v) is 6.41. The molecular formula is C16H17N3O. The number of nitrogens with zero attached hydrogens (tertiary/aromatic N) is 2. The fourth-order valence-corrected chi connectivity index (χ4v) is 1.74. The molecule has 0 aliphatic carbocycles. The van der Waals surface area contributed by atoms with Gasteiger partial charge < -0.3 is 5.32 Å². The first-order valence-electron chi connectivity index (χ1n) is 6.41. The summed E-state index contributed by atoms with van der Waals surface area (Å²) in [5.74, 6) is -0.124. The topological polar surface area (TPSA) is 53.8 Å². The van der Waals surface area contributed by atoms with Crippen LogP contribution < -0.4 is 5.32 Å². The van der Waals surface area contributed by atoms with Gasteiger partial charge in [-0.1, -0.05) is 23.8 Å². The zero-order valence-electron chi connectivity index (χ0n) is 11.8. The average Bonchev–Trinajstić information content (AvgIpc) is 2.40. The number of amides is 1. The molecule has 2 aromatic rings. The molecule has 1 N–H and O–H groups in total. The van der Waals surface area contributed by atoms with Crippen molar-refractivity contribution in [1.82, 2.24) is 0 Å². The highest BCUT2D eigenvalue weighted by atomic mass is 16.1. The zero-order valence-corrected chi connectivity index (χ0v) is 11.8. The lowest BCUT2D eigenvalue weighted by Crippen LogP contribution is -2.05. The Kier molecular flexibility index (Phi) is 4.25. The summed E-state index contributed by atoms with van der Waals surface area (Å²) in [6.45, 7) is 5.47. The van der Waals surface area contributed by atoms with Crippen LogP contribution in [0.25, 0.3) is 0 Å². The second kappa shape index (κ2) is 6.10.